The van der Waals surface area contributed by atoms with Crippen LogP contribution in [0.4, 0.5) is 10.7 Å². The Bertz CT molecular complexity index is 633. The number of carbonyl (C=O) groups excluding carboxylic acids is 1. The molecule has 132 valence electrons. The van der Waals surface area contributed by atoms with E-state index in [1.807, 2.05) is 32.6 Å². The fraction of sp³-hybridized carbons (Fsp3) is 0.688. The van der Waals surface area contributed by atoms with Crippen molar-refractivity contribution in [3.8, 4) is 6.07 Å². The number of aliphatic hydroxyl groups excluding tert-OH is 1. The summed E-state index contributed by atoms with van der Waals surface area (Å²) >= 11 is 0. The molecule has 1 fully saturated rings. The molecular formula is C16H25N5O3. The molecule has 1 aromatic rings. The Morgan fingerprint density at radius 3 is 2.42 bits per heavy atom. The van der Waals surface area contributed by atoms with Crippen molar-refractivity contribution in [2.75, 3.05) is 31.1 Å². The number of anilines is 1. The predicted octanol–water partition coefficient (Wildman–Crippen LogP) is 1.32. The maximum atomic E-state index is 12.1. The van der Waals surface area contributed by atoms with Crippen LogP contribution >= 0.6 is 0 Å². The van der Waals surface area contributed by atoms with E-state index < -0.39 is 5.60 Å². The maximum absolute atomic E-state index is 12.1. The number of amides is 1. The van der Waals surface area contributed by atoms with Crippen LogP contribution in [-0.2, 0) is 17.9 Å². The molecule has 2 rings (SSSR count). The summed E-state index contributed by atoms with van der Waals surface area (Å²) in [7, 11) is 0. The molecule has 1 aliphatic heterocycles. The molecule has 1 saturated heterocycles. The van der Waals surface area contributed by atoms with Crippen molar-refractivity contribution in [2.24, 2.45) is 0 Å². The number of imidazole rings is 1. The first kappa shape index (κ1) is 18.1. The fourth-order valence-corrected chi connectivity index (χ4v) is 2.68. The number of nitrogens with zero attached hydrogens (tertiary/aromatic N) is 5. The van der Waals surface area contributed by atoms with Crippen molar-refractivity contribution in [3.05, 3.63) is 11.4 Å². The summed E-state index contributed by atoms with van der Waals surface area (Å²) < 4.78 is 7.19. The third-order valence-electron chi connectivity index (χ3n) is 3.81. The number of hydrogen-bond donors (Lipinski definition) is 1. The van der Waals surface area contributed by atoms with Crippen LogP contribution in [-0.4, -0.2) is 57.4 Å². The van der Waals surface area contributed by atoms with E-state index in [1.165, 1.54) is 0 Å². The zero-order valence-electron chi connectivity index (χ0n) is 14.7. The largest absolute Gasteiger partial charge is 0.444 e. The average molecular weight is 335 g/mol. The summed E-state index contributed by atoms with van der Waals surface area (Å²) in [5.41, 5.74) is 0.276. The quantitative estimate of drug-likeness (QED) is 0.895. The van der Waals surface area contributed by atoms with Crippen LogP contribution in [0, 0.1) is 11.3 Å². The van der Waals surface area contributed by atoms with Gasteiger partial charge in [0.2, 0.25) is 5.95 Å². The van der Waals surface area contributed by atoms with Gasteiger partial charge in [-0.25, -0.2) is 9.78 Å². The van der Waals surface area contributed by atoms with Crippen molar-refractivity contribution in [1.82, 2.24) is 14.5 Å². The molecule has 0 aromatic carbocycles. The highest BCUT2D eigenvalue weighted by Gasteiger charge is 2.28. The van der Waals surface area contributed by atoms with Gasteiger partial charge in [-0.1, -0.05) is 0 Å². The molecule has 1 N–H and O–H groups in total. The number of hydrogen-bond acceptors (Lipinski definition) is 6. The summed E-state index contributed by atoms with van der Waals surface area (Å²) in [4.78, 5) is 20.2. The molecule has 8 heteroatoms. The number of nitriles is 1. The average Bonchev–Trinajstić information content (AvgIpc) is 2.91. The monoisotopic (exact) mass is 335 g/mol. The van der Waals surface area contributed by atoms with Crippen LogP contribution in [0.2, 0.25) is 0 Å². The van der Waals surface area contributed by atoms with Crippen LogP contribution < -0.4 is 4.90 Å². The molecule has 0 saturated carbocycles. The minimum Gasteiger partial charge on any atom is -0.444 e. The first-order chi connectivity index (χ1) is 11.3. The Labute approximate surface area is 142 Å². The van der Waals surface area contributed by atoms with E-state index in [2.05, 4.69) is 11.1 Å². The van der Waals surface area contributed by atoms with Gasteiger partial charge in [0, 0.05) is 32.7 Å². The van der Waals surface area contributed by atoms with Crippen molar-refractivity contribution in [3.63, 3.8) is 0 Å². The molecule has 0 aliphatic carbocycles. The number of carbonyl (C=O) groups is 1. The van der Waals surface area contributed by atoms with Gasteiger partial charge in [0.1, 0.15) is 23.1 Å². The van der Waals surface area contributed by atoms with Gasteiger partial charge in [0.15, 0.2) is 0 Å². The van der Waals surface area contributed by atoms with Crippen molar-refractivity contribution >= 4 is 12.0 Å². The Morgan fingerprint density at radius 1 is 1.33 bits per heavy atom. The standard InChI is InChI=1S/C16H25N5O3/c1-5-21-13(10-17)12(11-22)18-14(21)19-6-8-20(9-7-19)15(23)24-16(2,3)4/h22H,5-9,11H2,1-4H3. The van der Waals surface area contributed by atoms with Gasteiger partial charge in [-0.2, -0.15) is 5.26 Å². The van der Waals surface area contributed by atoms with Gasteiger partial charge in [-0.05, 0) is 27.7 Å². The van der Waals surface area contributed by atoms with Crippen molar-refractivity contribution in [2.45, 2.75) is 46.4 Å². The van der Waals surface area contributed by atoms with Crippen LogP contribution in [0.5, 0.6) is 0 Å². The van der Waals surface area contributed by atoms with E-state index in [1.54, 1.807) is 9.47 Å². The lowest BCUT2D eigenvalue weighted by molar-refractivity contribution is 0.0240. The van der Waals surface area contributed by atoms with Gasteiger partial charge in [-0.3, -0.25) is 0 Å². The van der Waals surface area contributed by atoms with Crippen molar-refractivity contribution in [1.29, 1.82) is 5.26 Å². The Morgan fingerprint density at radius 2 is 1.96 bits per heavy atom. The van der Waals surface area contributed by atoms with Gasteiger partial charge in [-0.15, -0.1) is 0 Å². The number of piperazine rings is 1. The Kier molecular flexibility index (Phi) is 5.34. The van der Waals surface area contributed by atoms with E-state index in [4.69, 9.17) is 4.74 Å². The molecule has 1 aromatic heterocycles. The topological polar surface area (TPSA) is 94.6 Å². The maximum Gasteiger partial charge on any atom is 0.410 e. The number of ether oxygens (including phenoxy) is 1. The molecule has 1 aliphatic rings. The highest BCUT2D eigenvalue weighted by Crippen LogP contribution is 2.21. The molecule has 0 radical (unpaired) electrons. The molecule has 0 unspecified atom stereocenters. The second-order valence-corrected chi connectivity index (χ2v) is 6.68. The summed E-state index contributed by atoms with van der Waals surface area (Å²) in [6.07, 6.45) is -0.310. The molecule has 0 spiro atoms. The highest BCUT2D eigenvalue weighted by molar-refractivity contribution is 5.68. The first-order valence-corrected chi connectivity index (χ1v) is 8.14. The lowest BCUT2D eigenvalue weighted by atomic mass is 10.2. The molecule has 8 nitrogen and oxygen atoms in total. The molecule has 0 atom stereocenters. The van der Waals surface area contributed by atoms with Gasteiger partial charge in [0.05, 0.1) is 6.61 Å². The zero-order valence-corrected chi connectivity index (χ0v) is 14.7. The van der Waals surface area contributed by atoms with E-state index >= 15 is 0 Å². The third-order valence-corrected chi connectivity index (χ3v) is 3.81. The number of aliphatic hydroxyl groups is 1. The van der Waals surface area contributed by atoms with Crippen LogP contribution in [0.1, 0.15) is 39.1 Å². The summed E-state index contributed by atoms with van der Waals surface area (Å²) in [5, 5.41) is 18.7. The first-order valence-electron chi connectivity index (χ1n) is 8.14. The Hall–Kier alpha value is -2.27. The Balaban J connectivity index is 2.09. The van der Waals surface area contributed by atoms with Gasteiger partial charge < -0.3 is 24.2 Å². The number of rotatable bonds is 3. The van der Waals surface area contributed by atoms with E-state index in [9.17, 15) is 15.2 Å². The lowest BCUT2D eigenvalue weighted by Gasteiger charge is -2.36. The lowest BCUT2D eigenvalue weighted by Crippen LogP contribution is -2.50. The van der Waals surface area contributed by atoms with E-state index in [0.29, 0.717) is 50.1 Å². The fourth-order valence-electron chi connectivity index (χ4n) is 2.68. The minimum absolute atomic E-state index is 0.263. The van der Waals surface area contributed by atoms with Crippen LogP contribution in [0.25, 0.3) is 0 Å². The summed E-state index contributed by atoms with van der Waals surface area (Å²) in [6, 6.07) is 2.11. The second kappa shape index (κ2) is 7.09. The normalized spacial score (nSPS) is 15.3. The summed E-state index contributed by atoms with van der Waals surface area (Å²) in [6.45, 7) is 10.1. The second-order valence-electron chi connectivity index (χ2n) is 6.68. The van der Waals surface area contributed by atoms with Crippen molar-refractivity contribution < 1.29 is 14.6 Å². The molecule has 0 bridgehead atoms. The van der Waals surface area contributed by atoms with Crippen LogP contribution in [0.15, 0.2) is 0 Å². The molecule has 1 amide bonds. The van der Waals surface area contributed by atoms with E-state index in [0.717, 1.165) is 0 Å². The summed E-state index contributed by atoms with van der Waals surface area (Å²) in [5.74, 6) is 0.668. The predicted molar refractivity (Wildman–Crippen MR) is 88.6 cm³/mol. The van der Waals surface area contributed by atoms with Gasteiger partial charge >= 0.3 is 6.09 Å². The minimum atomic E-state index is -0.510. The molecule has 24 heavy (non-hydrogen) atoms. The SMILES string of the molecule is CCn1c(N2CCN(C(=O)OC(C)(C)C)CC2)nc(CO)c1C#N. The smallest absolute Gasteiger partial charge is 0.410 e. The third kappa shape index (κ3) is 3.79. The van der Waals surface area contributed by atoms with E-state index in [-0.39, 0.29) is 12.7 Å². The number of aromatic nitrogens is 2. The van der Waals surface area contributed by atoms with Gasteiger partial charge in [0.25, 0.3) is 0 Å². The molecule has 2 heterocycles. The zero-order chi connectivity index (χ0) is 17.9. The molecular weight excluding hydrogens is 310 g/mol. The highest BCUT2D eigenvalue weighted by atomic mass is 16.6. The van der Waals surface area contributed by atoms with Crippen LogP contribution in [0.3, 0.4) is 0 Å².